The second kappa shape index (κ2) is 6.78. The zero-order chi connectivity index (χ0) is 16.3. The van der Waals surface area contributed by atoms with E-state index < -0.39 is 0 Å². The van der Waals surface area contributed by atoms with Gasteiger partial charge in [-0.2, -0.15) is 9.97 Å². The summed E-state index contributed by atoms with van der Waals surface area (Å²) < 4.78 is 10.1. The number of nitrogens with zero attached hydrogens (tertiary/aromatic N) is 3. The first-order valence-electron chi connectivity index (χ1n) is 6.80. The zero-order valence-corrected chi connectivity index (χ0v) is 13.7. The first kappa shape index (κ1) is 16.3. The fourth-order valence-corrected chi connectivity index (χ4v) is 2.83. The van der Waals surface area contributed by atoms with Crippen LogP contribution in [0.15, 0.2) is 0 Å². The van der Waals surface area contributed by atoms with Crippen LogP contribution in [0.5, 0.6) is 11.8 Å². The van der Waals surface area contributed by atoms with Crippen molar-refractivity contribution in [1.29, 1.82) is 0 Å². The number of thiazole rings is 1. The fourth-order valence-electron chi connectivity index (χ4n) is 2.01. The van der Waals surface area contributed by atoms with Gasteiger partial charge in [-0.3, -0.25) is 9.59 Å². The van der Waals surface area contributed by atoms with E-state index in [0.717, 1.165) is 11.3 Å². The van der Waals surface area contributed by atoms with Gasteiger partial charge in [0.05, 0.1) is 14.2 Å². The third-order valence-electron chi connectivity index (χ3n) is 3.31. The predicted molar refractivity (Wildman–Crippen MR) is 81.7 cm³/mol. The maximum atomic E-state index is 12.3. The van der Waals surface area contributed by atoms with Gasteiger partial charge in [0.1, 0.15) is 5.78 Å². The average molecular weight is 323 g/mol. The Morgan fingerprint density at radius 1 is 1.14 bits per heavy atom. The first-order valence-corrected chi connectivity index (χ1v) is 7.62. The molecule has 0 bridgehead atoms. The lowest BCUT2D eigenvalue weighted by Gasteiger charge is -2.07. The molecule has 0 amide bonds. The molecule has 8 heteroatoms. The molecule has 22 heavy (non-hydrogen) atoms. The number of ketones is 2. The summed E-state index contributed by atoms with van der Waals surface area (Å²) in [7, 11) is 2.92. The van der Waals surface area contributed by atoms with Crippen molar-refractivity contribution < 1.29 is 19.1 Å². The number of ether oxygens (including phenoxy) is 2. The minimum absolute atomic E-state index is 0.0107. The maximum Gasteiger partial charge on any atom is 0.279 e. The van der Waals surface area contributed by atoms with Crippen LogP contribution in [0, 0.1) is 5.92 Å². The molecule has 0 radical (unpaired) electrons. The van der Waals surface area contributed by atoms with Crippen molar-refractivity contribution in [3.05, 3.63) is 5.01 Å². The van der Waals surface area contributed by atoms with Crippen LogP contribution >= 0.6 is 11.3 Å². The van der Waals surface area contributed by atoms with Crippen LogP contribution in [-0.4, -0.2) is 40.7 Å². The highest BCUT2D eigenvalue weighted by Crippen LogP contribution is 2.29. The van der Waals surface area contributed by atoms with Crippen LogP contribution in [0.1, 0.15) is 36.5 Å². The van der Waals surface area contributed by atoms with Gasteiger partial charge in [0, 0.05) is 12.3 Å². The van der Waals surface area contributed by atoms with Crippen LogP contribution < -0.4 is 9.47 Å². The molecule has 2 heterocycles. The molecule has 0 aliphatic carbocycles. The molecule has 0 aliphatic heterocycles. The minimum Gasteiger partial charge on any atom is -0.477 e. The van der Waals surface area contributed by atoms with Crippen LogP contribution in [0.2, 0.25) is 0 Å². The van der Waals surface area contributed by atoms with E-state index in [1.54, 1.807) is 0 Å². The summed E-state index contributed by atoms with van der Waals surface area (Å²) in [5, 5.41) is 0.296. The number of hydrogen-bond acceptors (Lipinski definition) is 8. The molecule has 0 N–H and O–H groups in total. The Hall–Kier alpha value is -2.09. The summed E-state index contributed by atoms with van der Waals surface area (Å²) in [6, 6.07) is 0. The van der Waals surface area contributed by atoms with E-state index in [9.17, 15) is 9.59 Å². The largest absolute Gasteiger partial charge is 0.477 e. The molecule has 0 aromatic carbocycles. The second-order valence-corrected chi connectivity index (χ2v) is 5.71. The van der Waals surface area contributed by atoms with Gasteiger partial charge in [0.15, 0.2) is 21.3 Å². The Balaban J connectivity index is 2.32. The van der Waals surface area contributed by atoms with Crippen molar-refractivity contribution in [3.63, 3.8) is 0 Å². The molecule has 2 rings (SSSR count). The van der Waals surface area contributed by atoms with Crippen molar-refractivity contribution in [2.24, 2.45) is 5.92 Å². The van der Waals surface area contributed by atoms with Crippen molar-refractivity contribution in [2.45, 2.75) is 26.7 Å². The van der Waals surface area contributed by atoms with E-state index in [1.165, 1.54) is 21.1 Å². The van der Waals surface area contributed by atoms with Gasteiger partial charge in [-0.1, -0.05) is 18.3 Å². The number of carbonyl (C=O) groups is 2. The average Bonchev–Trinajstić information content (AvgIpc) is 2.93. The lowest BCUT2D eigenvalue weighted by molar-refractivity contribution is -0.120. The van der Waals surface area contributed by atoms with Crippen LogP contribution in [0.3, 0.4) is 0 Å². The van der Waals surface area contributed by atoms with Crippen LogP contribution in [-0.2, 0) is 4.79 Å². The molecule has 1 unspecified atom stereocenters. The highest BCUT2D eigenvalue weighted by molar-refractivity contribution is 7.19. The standard InChI is InChI=1S/C14H17N3O4S/c1-5-8(7(2)18)6-9(19)13-16-10-14(22-13)17-12(21-4)11(15-10)20-3/h8H,5-6H2,1-4H3. The molecule has 1 atom stereocenters. The first-order chi connectivity index (χ1) is 10.5. The molecular formula is C14H17N3O4S. The van der Waals surface area contributed by atoms with Gasteiger partial charge in [-0.05, 0) is 13.3 Å². The van der Waals surface area contributed by atoms with Gasteiger partial charge < -0.3 is 9.47 Å². The Morgan fingerprint density at radius 3 is 2.32 bits per heavy atom. The molecular weight excluding hydrogens is 306 g/mol. The molecule has 2 aromatic heterocycles. The summed E-state index contributed by atoms with van der Waals surface area (Å²) in [5.74, 6) is 0.0214. The van der Waals surface area contributed by atoms with Crippen molar-refractivity contribution in [3.8, 4) is 11.8 Å². The summed E-state index contributed by atoms with van der Waals surface area (Å²) in [6.07, 6.45) is 0.782. The molecule has 0 saturated carbocycles. The van der Waals surface area contributed by atoms with Crippen molar-refractivity contribution in [2.75, 3.05) is 14.2 Å². The lowest BCUT2D eigenvalue weighted by atomic mass is 9.96. The second-order valence-electron chi connectivity index (χ2n) is 4.73. The predicted octanol–water partition coefficient (Wildman–Crippen LogP) is 2.29. The fraction of sp³-hybridized carbons (Fsp3) is 0.500. The van der Waals surface area contributed by atoms with E-state index in [0.29, 0.717) is 21.9 Å². The van der Waals surface area contributed by atoms with Crippen molar-refractivity contribution in [1.82, 2.24) is 15.0 Å². The lowest BCUT2D eigenvalue weighted by Crippen LogP contribution is -2.15. The molecule has 7 nitrogen and oxygen atoms in total. The highest BCUT2D eigenvalue weighted by atomic mass is 32.1. The van der Waals surface area contributed by atoms with E-state index in [-0.39, 0.29) is 35.7 Å². The number of hydrogen-bond donors (Lipinski definition) is 0. The molecule has 2 aromatic rings. The van der Waals surface area contributed by atoms with Crippen LogP contribution in [0.25, 0.3) is 10.5 Å². The number of Topliss-reactive ketones (excluding diaryl/α,β-unsaturated/α-hetero) is 2. The summed E-state index contributed by atoms with van der Waals surface area (Å²) >= 11 is 1.14. The SMILES string of the molecule is CCC(CC(=O)c1nc2nc(OC)c(OC)nc2s1)C(C)=O. The molecule has 0 saturated heterocycles. The summed E-state index contributed by atoms with van der Waals surface area (Å²) in [6.45, 7) is 3.38. The zero-order valence-electron chi connectivity index (χ0n) is 12.9. The van der Waals surface area contributed by atoms with E-state index in [4.69, 9.17) is 9.47 Å². The van der Waals surface area contributed by atoms with Crippen LogP contribution in [0.4, 0.5) is 0 Å². The van der Waals surface area contributed by atoms with E-state index in [1.807, 2.05) is 6.92 Å². The number of methoxy groups -OCH3 is 2. The molecule has 118 valence electrons. The van der Waals surface area contributed by atoms with Gasteiger partial charge in [0.2, 0.25) is 0 Å². The van der Waals surface area contributed by atoms with E-state index >= 15 is 0 Å². The van der Waals surface area contributed by atoms with E-state index in [2.05, 4.69) is 15.0 Å². The Kier molecular flexibility index (Phi) is 5.02. The highest BCUT2D eigenvalue weighted by Gasteiger charge is 2.22. The Morgan fingerprint density at radius 2 is 1.77 bits per heavy atom. The third-order valence-corrected chi connectivity index (χ3v) is 4.29. The normalized spacial score (nSPS) is 12.2. The van der Waals surface area contributed by atoms with Gasteiger partial charge in [0.25, 0.3) is 11.8 Å². The Bertz CT molecular complexity index is 672. The quantitative estimate of drug-likeness (QED) is 0.722. The molecule has 0 fully saturated rings. The summed E-state index contributed by atoms with van der Waals surface area (Å²) in [4.78, 5) is 36.8. The number of carbonyl (C=O) groups excluding carboxylic acids is 2. The third kappa shape index (κ3) is 3.22. The van der Waals surface area contributed by atoms with Gasteiger partial charge >= 0.3 is 0 Å². The number of rotatable bonds is 7. The van der Waals surface area contributed by atoms with Crippen molar-refractivity contribution >= 4 is 33.4 Å². The number of aromatic nitrogens is 3. The maximum absolute atomic E-state index is 12.3. The van der Waals surface area contributed by atoms with Gasteiger partial charge in [-0.25, -0.2) is 4.98 Å². The summed E-state index contributed by atoms with van der Waals surface area (Å²) in [5.41, 5.74) is 0.335. The molecule has 0 aliphatic rings. The molecule has 0 spiro atoms. The Labute approximate surface area is 131 Å². The topological polar surface area (TPSA) is 91.3 Å². The monoisotopic (exact) mass is 323 g/mol. The minimum atomic E-state index is -0.274. The number of fused-ring (bicyclic) bond motifs is 1. The van der Waals surface area contributed by atoms with Gasteiger partial charge in [-0.15, -0.1) is 0 Å². The smallest absolute Gasteiger partial charge is 0.279 e.